The van der Waals surface area contributed by atoms with E-state index in [1.807, 2.05) is 42.5 Å². The van der Waals surface area contributed by atoms with Gasteiger partial charge in [0, 0.05) is 28.6 Å². The van der Waals surface area contributed by atoms with Crippen molar-refractivity contribution in [2.24, 2.45) is 0 Å². The van der Waals surface area contributed by atoms with Crippen LogP contribution in [0.4, 0.5) is 0 Å². The molecule has 34 heavy (non-hydrogen) atoms. The van der Waals surface area contributed by atoms with E-state index in [1.54, 1.807) is 28.8 Å². The number of unbranched alkanes of at least 4 members (excludes halogenated alkanes) is 2. The Balaban J connectivity index is 1.32. The molecule has 4 rings (SSSR count). The fourth-order valence-corrected chi connectivity index (χ4v) is 4.87. The van der Waals surface area contributed by atoms with Gasteiger partial charge in [0.2, 0.25) is 0 Å². The van der Waals surface area contributed by atoms with E-state index in [1.165, 1.54) is 6.26 Å². The quantitative estimate of drug-likeness (QED) is 0.306. The number of hydrogen-bond acceptors (Lipinski definition) is 5. The number of carbonyl (C=O) groups is 1. The van der Waals surface area contributed by atoms with E-state index in [0.29, 0.717) is 24.7 Å². The van der Waals surface area contributed by atoms with Gasteiger partial charge in [-0.25, -0.2) is 8.42 Å². The van der Waals surface area contributed by atoms with Crippen LogP contribution in [0.2, 0.25) is 0 Å². The molecule has 1 aromatic heterocycles. The van der Waals surface area contributed by atoms with Crippen molar-refractivity contribution in [2.45, 2.75) is 30.7 Å². The van der Waals surface area contributed by atoms with Crippen molar-refractivity contribution in [3.05, 3.63) is 66.7 Å². The SMILES string of the molecule is CS(=O)(=O)c1ccccc1OCCCCCOc1ccc2c3ccccc3n(CC(=O)O)c2c1. The third-order valence-corrected chi connectivity index (χ3v) is 6.74. The number of hydrogen-bond donors (Lipinski definition) is 1. The molecular formula is C26H27NO6S. The van der Waals surface area contributed by atoms with Gasteiger partial charge >= 0.3 is 5.97 Å². The molecule has 7 nitrogen and oxygen atoms in total. The van der Waals surface area contributed by atoms with Crippen LogP contribution in [0.15, 0.2) is 71.6 Å². The minimum Gasteiger partial charge on any atom is -0.494 e. The summed E-state index contributed by atoms with van der Waals surface area (Å²) in [5, 5.41) is 11.4. The lowest BCUT2D eigenvalue weighted by Gasteiger charge is -2.10. The molecular weight excluding hydrogens is 454 g/mol. The van der Waals surface area contributed by atoms with Gasteiger partial charge in [0.15, 0.2) is 9.84 Å². The first-order chi connectivity index (χ1) is 16.3. The lowest BCUT2D eigenvalue weighted by atomic mass is 10.1. The van der Waals surface area contributed by atoms with Gasteiger partial charge in [-0.05, 0) is 49.6 Å². The number of nitrogens with zero attached hydrogens (tertiary/aromatic N) is 1. The highest BCUT2D eigenvalue weighted by Crippen LogP contribution is 2.31. The second-order valence-corrected chi connectivity index (χ2v) is 10.1. The molecule has 0 fully saturated rings. The molecule has 3 aromatic carbocycles. The first-order valence-electron chi connectivity index (χ1n) is 11.1. The Morgan fingerprint density at radius 2 is 1.53 bits per heavy atom. The van der Waals surface area contributed by atoms with Gasteiger partial charge in [0.05, 0.1) is 18.7 Å². The van der Waals surface area contributed by atoms with Crippen LogP contribution in [0.1, 0.15) is 19.3 Å². The van der Waals surface area contributed by atoms with Crippen molar-refractivity contribution >= 4 is 37.6 Å². The summed E-state index contributed by atoms with van der Waals surface area (Å²) in [5.74, 6) is 0.182. The van der Waals surface area contributed by atoms with E-state index in [9.17, 15) is 18.3 Å². The Hall–Kier alpha value is -3.52. The first-order valence-corrected chi connectivity index (χ1v) is 13.0. The molecule has 0 unspecified atom stereocenters. The molecule has 4 aromatic rings. The Morgan fingerprint density at radius 1 is 0.853 bits per heavy atom. The third-order valence-electron chi connectivity index (χ3n) is 5.60. The van der Waals surface area contributed by atoms with Gasteiger partial charge in [-0.3, -0.25) is 4.79 Å². The van der Waals surface area contributed by atoms with E-state index < -0.39 is 15.8 Å². The van der Waals surface area contributed by atoms with E-state index >= 15 is 0 Å². The molecule has 0 radical (unpaired) electrons. The number of rotatable bonds is 11. The second-order valence-electron chi connectivity index (χ2n) is 8.15. The van der Waals surface area contributed by atoms with Crippen molar-refractivity contribution in [1.82, 2.24) is 4.57 Å². The Kier molecular flexibility index (Phi) is 7.07. The molecule has 0 spiro atoms. The average molecular weight is 482 g/mol. The first kappa shape index (κ1) is 23.6. The van der Waals surface area contributed by atoms with Crippen LogP contribution in [-0.4, -0.2) is 43.5 Å². The molecule has 1 heterocycles. The lowest BCUT2D eigenvalue weighted by molar-refractivity contribution is -0.137. The summed E-state index contributed by atoms with van der Waals surface area (Å²) in [6.45, 7) is 0.828. The second kappa shape index (κ2) is 10.2. The maximum atomic E-state index is 11.8. The number of sulfone groups is 1. The van der Waals surface area contributed by atoms with E-state index in [4.69, 9.17) is 9.47 Å². The van der Waals surface area contributed by atoms with Crippen LogP contribution in [-0.2, 0) is 21.2 Å². The predicted molar refractivity (Wildman–Crippen MR) is 131 cm³/mol. The van der Waals surface area contributed by atoms with Gasteiger partial charge < -0.3 is 19.1 Å². The van der Waals surface area contributed by atoms with Crippen molar-refractivity contribution < 1.29 is 27.8 Å². The smallest absolute Gasteiger partial charge is 0.323 e. The Bertz CT molecular complexity index is 1420. The van der Waals surface area contributed by atoms with Gasteiger partial charge in [-0.1, -0.05) is 30.3 Å². The van der Waals surface area contributed by atoms with Gasteiger partial charge in [0.1, 0.15) is 22.9 Å². The Morgan fingerprint density at radius 3 is 2.29 bits per heavy atom. The molecule has 1 N–H and O–H groups in total. The lowest BCUT2D eigenvalue weighted by Crippen LogP contribution is -2.08. The van der Waals surface area contributed by atoms with Crippen molar-refractivity contribution in [3.63, 3.8) is 0 Å². The zero-order valence-electron chi connectivity index (χ0n) is 18.9. The largest absolute Gasteiger partial charge is 0.494 e. The summed E-state index contributed by atoms with van der Waals surface area (Å²) < 4.78 is 37.1. The summed E-state index contributed by atoms with van der Waals surface area (Å²) in [6, 6.07) is 20.2. The molecule has 0 aliphatic rings. The molecule has 0 atom stereocenters. The van der Waals surface area contributed by atoms with Crippen molar-refractivity contribution in [2.75, 3.05) is 19.5 Å². The topological polar surface area (TPSA) is 94.8 Å². The molecule has 0 bridgehead atoms. The van der Waals surface area contributed by atoms with Crippen LogP contribution in [0.5, 0.6) is 11.5 Å². The fourth-order valence-electron chi connectivity index (χ4n) is 4.05. The minimum absolute atomic E-state index is 0.115. The molecule has 0 amide bonds. The highest BCUT2D eigenvalue weighted by atomic mass is 32.2. The van der Waals surface area contributed by atoms with E-state index in [2.05, 4.69) is 0 Å². The van der Waals surface area contributed by atoms with Gasteiger partial charge in [0.25, 0.3) is 0 Å². The highest BCUT2D eigenvalue weighted by molar-refractivity contribution is 7.90. The standard InChI is InChI=1S/C26H27NO6S/c1-34(30,31)25-12-6-5-11-24(25)33-16-8-2-7-15-32-19-13-14-21-20-9-3-4-10-22(20)27(18-26(28)29)23(21)17-19/h3-6,9-14,17H,2,7-8,15-16,18H2,1H3,(H,28,29). The highest BCUT2D eigenvalue weighted by Gasteiger charge is 2.14. The average Bonchev–Trinajstić information content (AvgIpc) is 3.11. The summed E-state index contributed by atoms with van der Waals surface area (Å²) in [6.07, 6.45) is 3.62. The maximum absolute atomic E-state index is 11.8. The van der Waals surface area contributed by atoms with Crippen LogP contribution in [0.25, 0.3) is 21.8 Å². The number of aliphatic carboxylic acids is 1. The fraction of sp³-hybridized carbons (Fsp3) is 0.269. The number of benzene rings is 3. The van der Waals surface area contributed by atoms with Crippen LogP contribution >= 0.6 is 0 Å². The summed E-state index contributed by atoms with van der Waals surface area (Å²) in [5.41, 5.74) is 1.72. The maximum Gasteiger partial charge on any atom is 0.323 e. The third kappa shape index (κ3) is 5.34. The zero-order valence-corrected chi connectivity index (χ0v) is 19.8. The number of carboxylic acids is 1. The van der Waals surface area contributed by atoms with Crippen LogP contribution in [0.3, 0.4) is 0 Å². The van der Waals surface area contributed by atoms with E-state index in [-0.39, 0.29) is 11.4 Å². The number of aromatic nitrogens is 1. The Labute approximate surface area is 198 Å². The molecule has 178 valence electrons. The van der Waals surface area contributed by atoms with Crippen LogP contribution in [0, 0.1) is 0 Å². The molecule has 0 saturated carbocycles. The number of para-hydroxylation sites is 2. The zero-order chi connectivity index (χ0) is 24.1. The van der Waals surface area contributed by atoms with Crippen molar-refractivity contribution in [3.8, 4) is 11.5 Å². The normalized spacial score (nSPS) is 11.7. The van der Waals surface area contributed by atoms with Crippen LogP contribution < -0.4 is 9.47 Å². The molecule has 0 aliphatic heterocycles. The molecule has 0 aliphatic carbocycles. The molecule has 8 heteroatoms. The monoisotopic (exact) mass is 481 g/mol. The summed E-state index contributed by atoms with van der Waals surface area (Å²) in [4.78, 5) is 11.6. The predicted octanol–water partition coefficient (Wildman–Crippen LogP) is 4.91. The van der Waals surface area contributed by atoms with Gasteiger partial charge in [-0.15, -0.1) is 0 Å². The van der Waals surface area contributed by atoms with Crippen molar-refractivity contribution in [1.29, 1.82) is 0 Å². The van der Waals surface area contributed by atoms with E-state index in [0.717, 1.165) is 41.1 Å². The summed E-state index contributed by atoms with van der Waals surface area (Å²) in [7, 11) is -3.33. The summed E-state index contributed by atoms with van der Waals surface area (Å²) >= 11 is 0. The number of fused-ring (bicyclic) bond motifs is 3. The van der Waals surface area contributed by atoms with Gasteiger partial charge in [-0.2, -0.15) is 0 Å². The number of ether oxygens (including phenoxy) is 2. The minimum atomic E-state index is -3.33. The molecule has 0 saturated heterocycles. The number of carboxylic acid groups (broad SMARTS) is 1.